The van der Waals surface area contributed by atoms with Gasteiger partial charge in [0.25, 0.3) is 0 Å². The highest BCUT2D eigenvalue weighted by atomic mass is 16.4. The SMILES string of the molecule is Cc1nc(CCC(=O)N2CCC(C(N)=O)CC2)oc1-c1ccccc1. The van der Waals surface area contributed by atoms with Crippen LogP contribution in [0.5, 0.6) is 0 Å². The number of carbonyl (C=O) groups excluding carboxylic acids is 2. The predicted octanol–water partition coefficient (Wildman–Crippen LogP) is 2.31. The quantitative estimate of drug-likeness (QED) is 0.903. The summed E-state index contributed by atoms with van der Waals surface area (Å²) in [6.07, 6.45) is 2.13. The molecule has 0 bridgehead atoms. The van der Waals surface area contributed by atoms with Gasteiger partial charge in [0.05, 0.1) is 5.69 Å². The third-order valence-electron chi connectivity index (χ3n) is 4.68. The molecule has 3 rings (SSSR count). The molecule has 2 heterocycles. The summed E-state index contributed by atoms with van der Waals surface area (Å²) in [7, 11) is 0. The Morgan fingerprint density at radius 2 is 1.92 bits per heavy atom. The lowest BCUT2D eigenvalue weighted by molar-refractivity contribution is -0.134. The van der Waals surface area contributed by atoms with Crippen LogP contribution in [0.1, 0.15) is 30.8 Å². The lowest BCUT2D eigenvalue weighted by Crippen LogP contribution is -2.41. The van der Waals surface area contributed by atoms with Crippen molar-refractivity contribution in [1.29, 1.82) is 0 Å². The van der Waals surface area contributed by atoms with Gasteiger partial charge in [-0.3, -0.25) is 9.59 Å². The highest BCUT2D eigenvalue weighted by Gasteiger charge is 2.26. The Bertz CT molecular complexity index is 747. The fourth-order valence-corrected chi connectivity index (χ4v) is 3.20. The maximum absolute atomic E-state index is 12.3. The van der Waals surface area contributed by atoms with Crippen molar-refractivity contribution in [3.63, 3.8) is 0 Å². The van der Waals surface area contributed by atoms with Crippen LogP contribution in [-0.4, -0.2) is 34.8 Å². The number of nitrogens with zero attached hydrogens (tertiary/aromatic N) is 2. The van der Waals surface area contributed by atoms with E-state index in [1.807, 2.05) is 37.3 Å². The van der Waals surface area contributed by atoms with Gasteiger partial charge in [0.1, 0.15) is 0 Å². The molecule has 2 N–H and O–H groups in total. The van der Waals surface area contributed by atoms with E-state index in [0.29, 0.717) is 44.7 Å². The number of likely N-dealkylation sites (tertiary alicyclic amines) is 1. The highest BCUT2D eigenvalue weighted by Crippen LogP contribution is 2.25. The lowest BCUT2D eigenvalue weighted by atomic mass is 9.96. The fraction of sp³-hybridized carbons (Fsp3) is 0.421. The Hall–Kier alpha value is -2.63. The number of carbonyl (C=O) groups is 2. The molecule has 2 aromatic rings. The largest absolute Gasteiger partial charge is 0.440 e. The summed E-state index contributed by atoms with van der Waals surface area (Å²) in [6, 6.07) is 9.82. The zero-order chi connectivity index (χ0) is 17.8. The number of aryl methyl sites for hydroxylation is 2. The van der Waals surface area contributed by atoms with Crippen molar-refractivity contribution in [3.05, 3.63) is 41.9 Å². The van der Waals surface area contributed by atoms with Gasteiger partial charge in [-0.25, -0.2) is 4.98 Å². The van der Waals surface area contributed by atoms with Gasteiger partial charge in [-0.1, -0.05) is 30.3 Å². The molecule has 0 aliphatic carbocycles. The van der Waals surface area contributed by atoms with Gasteiger partial charge in [0.15, 0.2) is 11.7 Å². The first-order chi connectivity index (χ1) is 12.0. The molecule has 0 saturated carbocycles. The van der Waals surface area contributed by atoms with Gasteiger partial charge in [-0.15, -0.1) is 0 Å². The van der Waals surface area contributed by atoms with Crippen LogP contribution in [0.4, 0.5) is 0 Å². The lowest BCUT2D eigenvalue weighted by Gasteiger charge is -2.30. The van der Waals surface area contributed by atoms with Crippen molar-refractivity contribution >= 4 is 11.8 Å². The molecule has 132 valence electrons. The Morgan fingerprint density at radius 3 is 2.56 bits per heavy atom. The number of oxazole rings is 1. The molecular weight excluding hydrogens is 318 g/mol. The van der Waals surface area contributed by atoms with E-state index in [0.717, 1.165) is 17.0 Å². The average molecular weight is 341 g/mol. The van der Waals surface area contributed by atoms with Crippen molar-refractivity contribution in [1.82, 2.24) is 9.88 Å². The molecule has 25 heavy (non-hydrogen) atoms. The maximum Gasteiger partial charge on any atom is 0.223 e. The molecule has 6 nitrogen and oxygen atoms in total. The molecule has 2 amide bonds. The van der Waals surface area contributed by atoms with Crippen LogP contribution < -0.4 is 5.73 Å². The molecular formula is C19H23N3O3. The molecule has 0 spiro atoms. The number of hydrogen-bond donors (Lipinski definition) is 1. The summed E-state index contributed by atoms with van der Waals surface area (Å²) < 4.78 is 5.84. The van der Waals surface area contributed by atoms with E-state index in [1.54, 1.807) is 4.90 Å². The van der Waals surface area contributed by atoms with Crippen LogP contribution in [0.25, 0.3) is 11.3 Å². The second kappa shape index (κ2) is 7.51. The molecule has 1 aromatic carbocycles. The normalized spacial score (nSPS) is 15.3. The topological polar surface area (TPSA) is 89.4 Å². The molecule has 1 aromatic heterocycles. The van der Waals surface area contributed by atoms with Crippen LogP contribution in [-0.2, 0) is 16.0 Å². The number of benzene rings is 1. The summed E-state index contributed by atoms with van der Waals surface area (Å²) in [5.41, 5.74) is 7.14. The number of hydrogen-bond acceptors (Lipinski definition) is 4. The van der Waals surface area contributed by atoms with Gasteiger partial charge in [-0.05, 0) is 19.8 Å². The van der Waals surface area contributed by atoms with Crippen molar-refractivity contribution in [2.75, 3.05) is 13.1 Å². The third kappa shape index (κ3) is 4.07. The van der Waals surface area contributed by atoms with Gasteiger partial charge in [-0.2, -0.15) is 0 Å². The van der Waals surface area contributed by atoms with E-state index in [9.17, 15) is 9.59 Å². The number of piperidine rings is 1. The molecule has 1 aliphatic rings. The van der Waals surface area contributed by atoms with Gasteiger partial charge in [0, 0.05) is 37.4 Å². The second-order valence-electron chi connectivity index (χ2n) is 6.45. The molecule has 0 unspecified atom stereocenters. The number of primary amides is 1. The summed E-state index contributed by atoms with van der Waals surface area (Å²) in [5.74, 6) is 1.03. The summed E-state index contributed by atoms with van der Waals surface area (Å²) >= 11 is 0. The van der Waals surface area contributed by atoms with Crippen LogP contribution in [0.2, 0.25) is 0 Å². The molecule has 6 heteroatoms. The Labute approximate surface area is 147 Å². The second-order valence-corrected chi connectivity index (χ2v) is 6.45. The van der Waals surface area contributed by atoms with Crippen molar-refractivity contribution < 1.29 is 14.0 Å². The standard InChI is InChI=1S/C19H23N3O3/c1-13-18(14-5-3-2-4-6-14)25-16(21-13)7-8-17(23)22-11-9-15(10-12-22)19(20)24/h2-6,15H,7-12H2,1H3,(H2,20,24). The van der Waals surface area contributed by atoms with Gasteiger partial charge in [0.2, 0.25) is 11.8 Å². The summed E-state index contributed by atoms with van der Waals surface area (Å²) in [6.45, 7) is 3.09. The third-order valence-corrected chi connectivity index (χ3v) is 4.68. The maximum atomic E-state index is 12.3. The van der Waals surface area contributed by atoms with Crippen LogP contribution >= 0.6 is 0 Å². The molecule has 1 saturated heterocycles. The van der Waals surface area contributed by atoms with E-state index < -0.39 is 0 Å². The van der Waals surface area contributed by atoms with Crippen LogP contribution in [0.3, 0.4) is 0 Å². The van der Waals surface area contributed by atoms with E-state index in [1.165, 1.54) is 0 Å². The Kier molecular flexibility index (Phi) is 5.16. The number of aromatic nitrogens is 1. The highest BCUT2D eigenvalue weighted by molar-refractivity contribution is 5.79. The molecule has 1 fully saturated rings. The smallest absolute Gasteiger partial charge is 0.223 e. The zero-order valence-corrected chi connectivity index (χ0v) is 14.4. The average Bonchev–Trinajstić information content (AvgIpc) is 3.01. The minimum atomic E-state index is -0.268. The van der Waals surface area contributed by atoms with Crippen LogP contribution in [0.15, 0.2) is 34.7 Å². The van der Waals surface area contributed by atoms with Crippen molar-refractivity contribution in [3.8, 4) is 11.3 Å². The Morgan fingerprint density at radius 1 is 1.24 bits per heavy atom. The van der Waals surface area contributed by atoms with E-state index >= 15 is 0 Å². The van der Waals surface area contributed by atoms with Crippen molar-refractivity contribution in [2.45, 2.75) is 32.6 Å². The van der Waals surface area contributed by atoms with E-state index in [4.69, 9.17) is 10.2 Å². The molecule has 0 radical (unpaired) electrons. The van der Waals surface area contributed by atoms with Gasteiger partial charge < -0.3 is 15.1 Å². The monoisotopic (exact) mass is 341 g/mol. The van der Waals surface area contributed by atoms with Gasteiger partial charge >= 0.3 is 0 Å². The first kappa shape index (κ1) is 17.2. The Balaban J connectivity index is 1.56. The van der Waals surface area contributed by atoms with Crippen LogP contribution in [0, 0.1) is 12.8 Å². The zero-order valence-electron chi connectivity index (χ0n) is 14.4. The van der Waals surface area contributed by atoms with E-state index in [-0.39, 0.29) is 17.7 Å². The number of rotatable bonds is 5. The first-order valence-corrected chi connectivity index (χ1v) is 8.63. The molecule has 1 aliphatic heterocycles. The van der Waals surface area contributed by atoms with E-state index in [2.05, 4.69) is 4.98 Å². The fourth-order valence-electron chi connectivity index (χ4n) is 3.20. The minimum absolute atomic E-state index is 0.0695. The number of amides is 2. The first-order valence-electron chi connectivity index (χ1n) is 8.63. The number of nitrogens with two attached hydrogens (primary N) is 1. The molecule has 0 atom stereocenters. The summed E-state index contributed by atoms with van der Waals surface area (Å²) in [5, 5.41) is 0. The summed E-state index contributed by atoms with van der Waals surface area (Å²) in [4.78, 5) is 29.8. The minimum Gasteiger partial charge on any atom is -0.440 e. The predicted molar refractivity (Wildman–Crippen MR) is 93.5 cm³/mol. The van der Waals surface area contributed by atoms with Crippen molar-refractivity contribution in [2.24, 2.45) is 11.7 Å².